The number of rotatable bonds is 3. The van der Waals surface area contributed by atoms with Crippen LogP contribution in [0.15, 0.2) is 0 Å². The van der Waals surface area contributed by atoms with Crippen molar-refractivity contribution in [3.8, 4) is 0 Å². The molecule has 0 aromatic carbocycles. The molecule has 0 aliphatic carbocycles. The number of piperidine rings is 2. The zero-order chi connectivity index (χ0) is 13.8. The molecule has 4 nitrogen and oxygen atoms in total. The van der Waals surface area contributed by atoms with Gasteiger partial charge in [0.05, 0.1) is 5.92 Å². The maximum absolute atomic E-state index is 12.5. The van der Waals surface area contributed by atoms with Gasteiger partial charge in [-0.15, -0.1) is 0 Å². The molecule has 0 spiro atoms. The van der Waals surface area contributed by atoms with E-state index in [4.69, 9.17) is 0 Å². The summed E-state index contributed by atoms with van der Waals surface area (Å²) in [6, 6.07) is 0.579. The Balaban J connectivity index is 1.76. The van der Waals surface area contributed by atoms with E-state index < -0.39 is 0 Å². The zero-order valence-corrected chi connectivity index (χ0v) is 12.7. The van der Waals surface area contributed by atoms with E-state index in [-0.39, 0.29) is 5.92 Å². The largest absolute Gasteiger partial charge is 0.342 e. The summed E-state index contributed by atoms with van der Waals surface area (Å²) in [4.78, 5) is 16.8. The Morgan fingerprint density at radius 3 is 2.42 bits per heavy atom. The van der Waals surface area contributed by atoms with Crippen molar-refractivity contribution >= 4 is 5.91 Å². The van der Waals surface area contributed by atoms with Crippen LogP contribution < -0.4 is 5.32 Å². The standard InChI is InChI=1S/C15H29N3O/c1-12-4-5-14(10-16-12)15(19)18-8-6-13(7-9-18)11-17(2)3/h12-14,16H,4-11H2,1-3H3. The summed E-state index contributed by atoms with van der Waals surface area (Å²) in [6.07, 6.45) is 4.53. The van der Waals surface area contributed by atoms with E-state index in [1.54, 1.807) is 0 Å². The third-order valence-corrected chi connectivity index (χ3v) is 4.56. The molecule has 2 unspecified atom stereocenters. The van der Waals surface area contributed by atoms with Gasteiger partial charge in [0.15, 0.2) is 0 Å². The zero-order valence-electron chi connectivity index (χ0n) is 12.7. The van der Waals surface area contributed by atoms with Gasteiger partial charge in [0.1, 0.15) is 0 Å². The van der Waals surface area contributed by atoms with E-state index >= 15 is 0 Å². The molecule has 0 radical (unpaired) electrons. The maximum atomic E-state index is 12.5. The number of nitrogens with zero attached hydrogens (tertiary/aromatic N) is 2. The molecule has 1 N–H and O–H groups in total. The molecule has 2 heterocycles. The first kappa shape index (κ1) is 14.8. The first-order valence-corrected chi connectivity index (χ1v) is 7.73. The molecule has 0 aromatic rings. The van der Waals surface area contributed by atoms with E-state index in [0.717, 1.165) is 44.9 Å². The van der Waals surface area contributed by atoms with Gasteiger partial charge in [0, 0.05) is 32.2 Å². The fraction of sp³-hybridized carbons (Fsp3) is 0.933. The van der Waals surface area contributed by atoms with Crippen LogP contribution in [0.2, 0.25) is 0 Å². The fourth-order valence-corrected chi connectivity index (χ4v) is 3.32. The molecule has 0 bridgehead atoms. The number of carbonyl (C=O) groups excluding carboxylic acids is 1. The van der Waals surface area contributed by atoms with Crippen LogP contribution in [-0.4, -0.2) is 62.0 Å². The number of nitrogens with one attached hydrogen (secondary N) is 1. The van der Waals surface area contributed by atoms with Crippen molar-refractivity contribution in [1.82, 2.24) is 15.1 Å². The van der Waals surface area contributed by atoms with Gasteiger partial charge < -0.3 is 15.1 Å². The molecular weight excluding hydrogens is 238 g/mol. The molecule has 1 amide bonds. The summed E-state index contributed by atoms with van der Waals surface area (Å²) in [7, 11) is 4.26. The number of carbonyl (C=O) groups is 1. The molecule has 2 fully saturated rings. The highest BCUT2D eigenvalue weighted by Crippen LogP contribution is 2.22. The second-order valence-electron chi connectivity index (χ2n) is 6.61. The van der Waals surface area contributed by atoms with Crippen molar-refractivity contribution in [2.75, 3.05) is 40.3 Å². The predicted molar refractivity (Wildman–Crippen MR) is 78.0 cm³/mol. The minimum atomic E-state index is 0.224. The summed E-state index contributed by atoms with van der Waals surface area (Å²) < 4.78 is 0. The first-order valence-electron chi connectivity index (χ1n) is 7.73. The fourth-order valence-electron chi connectivity index (χ4n) is 3.32. The lowest BCUT2D eigenvalue weighted by Gasteiger charge is -2.36. The Kier molecular flexibility index (Phi) is 5.22. The SMILES string of the molecule is CC1CCC(C(=O)N2CCC(CN(C)C)CC2)CN1. The highest BCUT2D eigenvalue weighted by atomic mass is 16.2. The Morgan fingerprint density at radius 2 is 1.89 bits per heavy atom. The van der Waals surface area contributed by atoms with Crippen molar-refractivity contribution in [3.05, 3.63) is 0 Å². The topological polar surface area (TPSA) is 35.6 Å². The molecule has 110 valence electrons. The summed E-state index contributed by atoms with van der Waals surface area (Å²) in [5.74, 6) is 1.38. The Labute approximate surface area is 117 Å². The van der Waals surface area contributed by atoms with Crippen LogP contribution in [-0.2, 0) is 4.79 Å². The molecule has 0 aromatic heterocycles. The number of hydrogen-bond donors (Lipinski definition) is 1. The van der Waals surface area contributed by atoms with Gasteiger partial charge in [-0.3, -0.25) is 4.79 Å². The van der Waals surface area contributed by atoms with Crippen LogP contribution >= 0.6 is 0 Å². The summed E-state index contributed by atoms with van der Waals surface area (Å²) >= 11 is 0. The van der Waals surface area contributed by atoms with Gasteiger partial charge in [-0.1, -0.05) is 0 Å². The molecule has 2 rings (SSSR count). The molecule has 19 heavy (non-hydrogen) atoms. The smallest absolute Gasteiger partial charge is 0.226 e. The van der Waals surface area contributed by atoms with E-state index in [1.807, 2.05) is 0 Å². The molecular formula is C15H29N3O. The number of amides is 1. The summed E-state index contributed by atoms with van der Waals surface area (Å²) in [5.41, 5.74) is 0. The van der Waals surface area contributed by atoms with Crippen LogP contribution in [0.5, 0.6) is 0 Å². The maximum Gasteiger partial charge on any atom is 0.226 e. The minimum Gasteiger partial charge on any atom is -0.342 e. The third-order valence-electron chi connectivity index (χ3n) is 4.56. The highest BCUT2D eigenvalue weighted by molar-refractivity contribution is 5.79. The Hall–Kier alpha value is -0.610. The van der Waals surface area contributed by atoms with E-state index in [0.29, 0.717) is 11.9 Å². The highest BCUT2D eigenvalue weighted by Gasteiger charge is 2.30. The summed E-state index contributed by atoms with van der Waals surface area (Å²) in [5, 5.41) is 3.43. The molecule has 2 aliphatic rings. The van der Waals surface area contributed by atoms with Gasteiger partial charge in [-0.05, 0) is 52.6 Å². The van der Waals surface area contributed by atoms with Crippen LogP contribution in [0.4, 0.5) is 0 Å². The quantitative estimate of drug-likeness (QED) is 0.834. The Morgan fingerprint density at radius 1 is 1.21 bits per heavy atom. The minimum absolute atomic E-state index is 0.224. The van der Waals surface area contributed by atoms with Crippen LogP contribution in [0.3, 0.4) is 0 Å². The van der Waals surface area contributed by atoms with E-state index in [1.165, 1.54) is 12.8 Å². The van der Waals surface area contributed by atoms with Gasteiger partial charge in [-0.2, -0.15) is 0 Å². The normalized spacial score (nSPS) is 29.8. The van der Waals surface area contributed by atoms with Crippen molar-refractivity contribution < 1.29 is 4.79 Å². The van der Waals surface area contributed by atoms with Crippen molar-refractivity contribution in [1.29, 1.82) is 0 Å². The summed E-state index contributed by atoms with van der Waals surface area (Å²) in [6.45, 7) is 6.16. The van der Waals surface area contributed by atoms with Gasteiger partial charge in [0.25, 0.3) is 0 Å². The molecule has 0 saturated carbocycles. The van der Waals surface area contributed by atoms with Crippen LogP contribution in [0.1, 0.15) is 32.6 Å². The Bertz CT molecular complexity index is 290. The monoisotopic (exact) mass is 267 g/mol. The molecule has 2 aliphatic heterocycles. The number of hydrogen-bond acceptors (Lipinski definition) is 3. The van der Waals surface area contributed by atoms with Crippen LogP contribution in [0, 0.1) is 11.8 Å². The second-order valence-corrected chi connectivity index (χ2v) is 6.61. The lowest BCUT2D eigenvalue weighted by molar-refractivity contribution is -0.137. The van der Waals surface area contributed by atoms with E-state index in [9.17, 15) is 4.79 Å². The first-order chi connectivity index (χ1) is 9.06. The van der Waals surface area contributed by atoms with Crippen molar-refractivity contribution in [2.24, 2.45) is 11.8 Å². The number of likely N-dealkylation sites (tertiary alicyclic amines) is 1. The molecule has 4 heteroatoms. The lowest BCUT2D eigenvalue weighted by atomic mass is 9.91. The average molecular weight is 267 g/mol. The molecule has 2 atom stereocenters. The van der Waals surface area contributed by atoms with Crippen molar-refractivity contribution in [2.45, 2.75) is 38.6 Å². The lowest BCUT2D eigenvalue weighted by Crippen LogP contribution is -2.48. The van der Waals surface area contributed by atoms with Gasteiger partial charge in [-0.25, -0.2) is 0 Å². The van der Waals surface area contributed by atoms with E-state index in [2.05, 4.69) is 36.1 Å². The average Bonchev–Trinajstić information content (AvgIpc) is 2.39. The second kappa shape index (κ2) is 6.71. The predicted octanol–water partition coefficient (Wildman–Crippen LogP) is 1.17. The molecule has 2 saturated heterocycles. The third kappa shape index (κ3) is 4.18. The van der Waals surface area contributed by atoms with Crippen molar-refractivity contribution in [3.63, 3.8) is 0 Å². The van der Waals surface area contributed by atoms with Crippen LogP contribution in [0.25, 0.3) is 0 Å². The van der Waals surface area contributed by atoms with Gasteiger partial charge in [0.2, 0.25) is 5.91 Å². The van der Waals surface area contributed by atoms with Gasteiger partial charge >= 0.3 is 0 Å².